The largest absolute Gasteiger partial charge is 0.502 e. The van der Waals surface area contributed by atoms with Gasteiger partial charge < -0.3 is 14.6 Å². The number of thiophene rings is 1. The number of nitrogens with zero attached hydrogens (tertiary/aromatic N) is 1. The van der Waals surface area contributed by atoms with Gasteiger partial charge in [0.25, 0.3) is 11.8 Å². The van der Waals surface area contributed by atoms with Crippen LogP contribution in [-0.2, 0) is 4.79 Å². The maximum absolute atomic E-state index is 12.6. The summed E-state index contributed by atoms with van der Waals surface area (Å²) in [5.74, 6) is -0.562. The number of amides is 2. The number of carbonyl (C=O) groups excluding carboxylic acids is 2. The van der Waals surface area contributed by atoms with Crippen LogP contribution >= 0.6 is 35.3 Å². The average molecular weight is 423 g/mol. The molecule has 1 aliphatic heterocycles. The minimum atomic E-state index is -0.444. The van der Waals surface area contributed by atoms with Gasteiger partial charge in [-0.3, -0.25) is 15.0 Å². The van der Waals surface area contributed by atoms with E-state index in [9.17, 15) is 14.7 Å². The molecule has 10 heteroatoms. The Labute approximate surface area is 168 Å². The lowest BCUT2D eigenvalue weighted by Crippen LogP contribution is -2.44. The highest BCUT2D eigenvalue weighted by atomic mass is 32.2. The van der Waals surface area contributed by atoms with E-state index < -0.39 is 11.8 Å². The molecule has 2 amide bonds. The Bertz CT molecular complexity index is 915. The molecule has 2 N–H and O–H groups in total. The summed E-state index contributed by atoms with van der Waals surface area (Å²) >= 11 is 7.53. The Morgan fingerprint density at radius 3 is 2.52 bits per heavy atom. The zero-order chi connectivity index (χ0) is 19.6. The molecule has 2 heterocycles. The highest BCUT2D eigenvalue weighted by molar-refractivity contribution is 8.26. The molecule has 1 saturated heterocycles. The van der Waals surface area contributed by atoms with E-state index in [1.54, 1.807) is 35.7 Å². The highest BCUT2D eigenvalue weighted by Gasteiger charge is 2.34. The Balaban J connectivity index is 1.85. The Morgan fingerprint density at radius 2 is 1.96 bits per heavy atom. The van der Waals surface area contributed by atoms with Crippen molar-refractivity contribution in [1.29, 1.82) is 0 Å². The van der Waals surface area contributed by atoms with Crippen LogP contribution < -0.4 is 14.9 Å². The first-order chi connectivity index (χ1) is 12.9. The number of thiocarbonyl (C=S) groups is 1. The van der Waals surface area contributed by atoms with Crippen LogP contribution in [0.1, 0.15) is 15.2 Å². The van der Waals surface area contributed by atoms with Crippen LogP contribution in [0.25, 0.3) is 6.08 Å². The molecule has 0 radical (unpaired) electrons. The van der Waals surface area contributed by atoms with Crippen LogP contribution in [0.3, 0.4) is 0 Å². The van der Waals surface area contributed by atoms with E-state index in [4.69, 9.17) is 21.7 Å². The second-order valence-corrected chi connectivity index (χ2v) is 7.83. The molecule has 0 spiro atoms. The number of benzene rings is 1. The third-order valence-corrected chi connectivity index (χ3v) is 5.72. The number of hydrogen-bond acceptors (Lipinski definition) is 8. The molecule has 7 nitrogen and oxygen atoms in total. The zero-order valence-corrected chi connectivity index (χ0v) is 16.7. The third kappa shape index (κ3) is 3.92. The number of hydrogen-bond donors (Lipinski definition) is 2. The molecular weight excluding hydrogens is 408 g/mol. The molecule has 1 aliphatic rings. The van der Waals surface area contributed by atoms with Crippen molar-refractivity contribution in [2.75, 3.05) is 14.2 Å². The summed E-state index contributed by atoms with van der Waals surface area (Å²) in [6.07, 6.45) is 1.58. The Morgan fingerprint density at radius 1 is 1.30 bits per heavy atom. The number of rotatable bonds is 5. The molecule has 2 aromatic rings. The van der Waals surface area contributed by atoms with Crippen LogP contribution in [0, 0.1) is 0 Å². The lowest BCUT2D eigenvalue weighted by Gasteiger charge is -2.14. The Kier molecular flexibility index (Phi) is 5.68. The van der Waals surface area contributed by atoms with Gasteiger partial charge in [0.2, 0.25) is 5.75 Å². The van der Waals surface area contributed by atoms with E-state index >= 15 is 0 Å². The van der Waals surface area contributed by atoms with E-state index in [0.717, 1.165) is 16.8 Å². The molecule has 0 saturated carbocycles. The van der Waals surface area contributed by atoms with E-state index in [-0.39, 0.29) is 21.6 Å². The first-order valence-corrected chi connectivity index (χ1v) is 9.62. The first-order valence-electron chi connectivity index (χ1n) is 7.52. The van der Waals surface area contributed by atoms with Gasteiger partial charge in [0.1, 0.15) is 0 Å². The van der Waals surface area contributed by atoms with Crippen molar-refractivity contribution in [3.63, 3.8) is 0 Å². The van der Waals surface area contributed by atoms with Crippen molar-refractivity contribution in [2.24, 2.45) is 0 Å². The number of aromatic hydroxyl groups is 1. The Hall–Kier alpha value is -2.56. The van der Waals surface area contributed by atoms with E-state index in [1.165, 1.54) is 25.6 Å². The standard InChI is InChI=1S/C17H14N2O5S3/c1-23-10-6-9(7-11(24-2)14(10)20)8-13-16(22)19(17(25)27-13)18-15(21)12-4-3-5-26-12/h3-8,20H,1-2H3,(H,18,21)/b13-8+. The molecule has 3 rings (SSSR count). The molecule has 0 atom stereocenters. The van der Waals surface area contributed by atoms with Crippen molar-refractivity contribution in [1.82, 2.24) is 10.4 Å². The quantitative estimate of drug-likeness (QED) is 0.566. The van der Waals surface area contributed by atoms with Crippen LogP contribution in [0.4, 0.5) is 0 Å². The number of ether oxygens (including phenoxy) is 2. The minimum Gasteiger partial charge on any atom is -0.502 e. The molecule has 0 unspecified atom stereocenters. The fraction of sp³-hybridized carbons (Fsp3) is 0.118. The molecule has 1 fully saturated rings. The van der Waals surface area contributed by atoms with E-state index in [0.29, 0.717) is 15.3 Å². The van der Waals surface area contributed by atoms with E-state index in [1.807, 2.05) is 0 Å². The molecule has 140 valence electrons. The van der Waals surface area contributed by atoms with Crippen LogP contribution in [-0.4, -0.2) is 40.5 Å². The summed E-state index contributed by atoms with van der Waals surface area (Å²) < 4.78 is 10.4. The second-order valence-electron chi connectivity index (χ2n) is 5.21. The van der Waals surface area contributed by atoms with Crippen molar-refractivity contribution < 1.29 is 24.2 Å². The second kappa shape index (κ2) is 7.99. The normalized spacial score (nSPS) is 15.3. The topological polar surface area (TPSA) is 88.1 Å². The lowest BCUT2D eigenvalue weighted by molar-refractivity contribution is -0.123. The minimum absolute atomic E-state index is 0.132. The molecular formula is C17H14N2O5S3. The van der Waals surface area contributed by atoms with Crippen LogP contribution in [0.15, 0.2) is 34.6 Å². The number of hydrazine groups is 1. The summed E-state index contributed by atoms with van der Waals surface area (Å²) in [5.41, 5.74) is 3.09. The number of carbonyl (C=O) groups is 2. The summed E-state index contributed by atoms with van der Waals surface area (Å²) in [7, 11) is 2.83. The van der Waals surface area contributed by atoms with Crippen LogP contribution in [0.5, 0.6) is 17.2 Å². The van der Waals surface area contributed by atoms with Gasteiger partial charge in [-0.2, -0.15) is 5.01 Å². The number of thioether (sulfide) groups is 1. The van der Waals surface area contributed by atoms with Crippen molar-refractivity contribution >= 4 is 57.5 Å². The van der Waals surface area contributed by atoms with Gasteiger partial charge in [0.15, 0.2) is 15.8 Å². The predicted molar refractivity (Wildman–Crippen MR) is 108 cm³/mol. The maximum atomic E-state index is 12.6. The van der Waals surface area contributed by atoms with Gasteiger partial charge in [-0.05, 0) is 47.4 Å². The number of nitrogens with one attached hydrogen (secondary N) is 1. The monoisotopic (exact) mass is 422 g/mol. The number of methoxy groups -OCH3 is 2. The molecule has 27 heavy (non-hydrogen) atoms. The fourth-order valence-electron chi connectivity index (χ4n) is 2.28. The molecule has 1 aromatic carbocycles. The van der Waals surface area contributed by atoms with Gasteiger partial charge in [-0.15, -0.1) is 11.3 Å². The van der Waals surface area contributed by atoms with Gasteiger partial charge in [0, 0.05) is 0 Å². The van der Waals surface area contributed by atoms with Gasteiger partial charge in [0.05, 0.1) is 24.0 Å². The maximum Gasteiger partial charge on any atom is 0.285 e. The molecule has 0 aliphatic carbocycles. The zero-order valence-electron chi connectivity index (χ0n) is 14.2. The number of phenols is 1. The molecule has 1 aromatic heterocycles. The first kappa shape index (κ1) is 19.2. The average Bonchev–Trinajstić information content (AvgIpc) is 3.28. The third-order valence-electron chi connectivity index (χ3n) is 3.55. The fourth-order valence-corrected chi connectivity index (χ4v) is 4.07. The summed E-state index contributed by atoms with van der Waals surface area (Å²) in [6, 6.07) is 6.53. The molecule has 0 bridgehead atoms. The van der Waals surface area contributed by atoms with Crippen molar-refractivity contribution in [2.45, 2.75) is 0 Å². The predicted octanol–water partition coefficient (Wildman–Crippen LogP) is 3.02. The highest BCUT2D eigenvalue weighted by Crippen LogP contribution is 2.39. The summed E-state index contributed by atoms with van der Waals surface area (Å²) in [6.45, 7) is 0. The van der Waals surface area contributed by atoms with Gasteiger partial charge >= 0.3 is 0 Å². The van der Waals surface area contributed by atoms with E-state index in [2.05, 4.69) is 5.43 Å². The van der Waals surface area contributed by atoms with Crippen LogP contribution in [0.2, 0.25) is 0 Å². The smallest absolute Gasteiger partial charge is 0.285 e. The SMILES string of the molecule is COc1cc(/C=C2/SC(=S)N(NC(=O)c3cccs3)C2=O)cc(OC)c1O. The van der Waals surface area contributed by atoms with Gasteiger partial charge in [-0.1, -0.05) is 17.8 Å². The number of phenolic OH excluding ortho intramolecular Hbond substituents is 1. The van der Waals surface area contributed by atoms with Crippen molar-refractivity contribution in [3.8, 4) is 17.2 Å². The summed E-state index contributed by atoms with van der Waals surface area (Å²) in [4.78, 5) is 25.6. The lowest BCUT2D eigenvalue weighted by atomic mass is 10.1. The van der Waals surface area contributed by atoms with Gasteiger partial charge in [-0.25, -0.2) is 0 Å². The summed E-state index contributed by atoms with van der Waals surface area (Å²) in [5, 5.41) is 12.8. The van der Waals surface area contributed by atoms with Crippen molar-refractivity contribution in [3.05, 3.63) is 45.0 Å².